The zero-order valence-electron chi connectivity index (χ0n) is 9.39. The van der Waals surface area contributed by atoms with Crippen LogP contribution < -0.4 is 4.72 Å². The minimum Gasteiger partial charge on any atom is -0.305 e. The third kappa shape index (κ3) is 3.30. The molecule has 0 radical (unpaired) electrons. The fourth-order valence-electron chi connectivity index (χ4n) is 0.943. The number of hydrogen-bond donors (Lipinski definition) is 1. The van der Waals surface area contributed by atoms with Crippen LogP contribution in [0.1, 0.15) is 20.8 Å². The van der Waals surface area contributed by atoms with Crippen LogP contribution in [-0.2, 0) is 11.0 Å². The lowest BCUT2D eigenvalue weighted by Crippen LogP contribution is -2.27. The van der Waals surface area contributed by atoms with Gasteiger partial charge in [0, 0.05) is 12.1 Å². The fraction of sp³-hybridized carbons (Fsp3) is 0.400. The molecule has 0 heterocycles. The Morgan fingerprint density at radius 2 is 2.00 bits per heavy atom. The molecule has 0 spiro atoms. The first-order valence-corrected chi connectivity index (χ1v) is 5.88. The molecule has 16 heavy (non-hydrogen) atoms. The predicted octanol–water partition coefficient (Wildman–Crippen LogP) is 2.47. The number of benzene rings is 1. The van der Waals surface area contributed by atoms with Crippen molar-refractivity contribution in [1.29, 1.82) is 0 Å². The van der Waals surface area contributed by atoms with Gasteiger partial charge in [-0.3, -0.25) is 10.1 Å². The summed E-state index contributed by atoms with van der Waals surface area (Å²) in [5.41, 5.74) is 0.471. The van der Waals surface area contributed by atoms with Crippen molar-refractivity contribution in [3.63, 3.8) is 0 Å². The largest absolute Gasteiger partial charge is 0.305 e. The Balaban J connectivity index is 2.87. The van der Waals surface area contributed by atoms with Gasteiger partial charge in [-0.05, 0) is 26.8 Å². The van der Waals surface area contributed by atoms with E-state index in [1.165, 1.54) is 12.1 Å². The Labute approximate surface area is 96.6 Å². The Morgan fingerprint density at radius 3 is 2.50 bits per heavy atom. The van der Waals surface area contributed by atoms with Crippen LogP contribution in [0.5, 0.6) is 0 Å². The SMILES string of the molecule is CC(C)(C)[S@@](=O)Nc1cccc([N+](=O)[O-])c1. The third-order valence-electron chi connectivity index (χ3n) is 1.82. The van der Waals surface area contributed by atoms with Crippen molar-refractivity contribution in [1.82, 2.24) is 0 Å². The number of anilines is 1. The second-order valence-electron chi connectivity index (χ2n) is 4.29. The molecule has 1 N–H and O–H groups in total. The molecule has 6 heteroatoms. The van der Waals surface area contributed by atoms with Crippen molar-refractivity contribution in [2.75, 3.05) is 4.72 Å². The molecule has 0 aliphatic rings. The Hall–Kier alpha value is -1.43. The molecule has 0 aliphatic carbocycles. The highest BCUT2D eigenvalue weighted by molar-refractivity contribution is 7.87. The number of nitro benzene ring substituents is 1. The van der Waals surface area contributed by atoms with E-state index < -0.39 is 20.7 Å². The van der Waals surface area contributed by atoms with Crippen LogP contribution in [0.4, 0.5) is 11.4 Å². The summed E-state index contributed by atoms with van der Waals surface area (Å²) in [4.78, 5) is 10.1. The average molecular weight is 242 g/mol. The molecule has 0 aliphatic heterocycles. The Kier molecular flexibility index (Phi) is 3.64. The summed E-state index contributed by atoms with van der Waals surface area (Å²) in [6, 6.07) is 5.96. The van der Waals surface area contributed by atoms with E-state index in [-0.39, 0.29) is 5.69 Å². The van der Waals surface area contributed by atoms with Crippen LogP contribution in [-0.4, -0.2) is 13.9 Å². The first kappa shape index (κ1) is 12.6. The van der Waals surface area contributed by atoms with E-state index in [9.17, 15) is 14.3 Å². The highest BCUT2D eigenvalue weighted by Gasteiger charge is 2.20. The van der Waals surface area contributed by atoms with Crippen molar-refractivity contribution < 1.29 is 9.13 Å². The van der Waals surface area contributed by atoms with Gasteiger partial charge in [-0.2, -0.15) is 0 Å². The molecule has 88 valence electrons. The van der Waals surface area contributed by atoms with E-state index in [0.29, 0.717) is 5.69 Å². The maximum atomic E-state index is 11.7. The highest BCUT2D eigenvalue weighted by Crippen LogP contribution is 2.20. The van der Waals surface area contributed by atoms with Gasteiger partial charge in [0.15, 0.2) is 0 Å². The van der Waals surface area contributed by atoms with Crippen LogP contribution in [0.2, 0.25) is 0 Å². The first-order chi connectivity index (χ1) is 7.30. The van der Waals surface area contributed by atoms with E-state index >= 15 is 0 Å². The zero-order valence-corrected chi connectivity index (χ0v) is 10.2. The van der Waals surface area contributed by atoms with Crippen LogP contribution in [0, 0.1) is 10.1 Å². The van der Waals surface area contributed by atoms with Crippen molar-refractivity contribution >= 4 is 22.4 Å². The molecular formula is C10H14N2O3S. The van der Waals surface area contributed by atoms with Crippen LogP contribution in [0.15, 0.2) is 24.3 Å². The Morgan fingerprint density at radius 1 is 1.38 bits per heavy atom. The van der Waals surface area contributed by atoms with Gasteiger partial charge in [0.1, 0.15) is 11.0 Å². The van der Waals surface area contributed by atoms with Gasteiger partial charge in [0.25, 0.3) is 5.69 Å². The Bertz CT molecular complexity index is 426. The van der Waals surface area contributed by atoms with Crippen LogP contribution in [0.25, 0.3) is 0 Å². The summed E-state index contributed by atoms with van der Waals surface area (Å²) < 4.78 is 14.1. The summed E-state index contributed by atoms with van der Waals surface area (Å²) in [6.45, 7) is 5.48. The molecule has 0 saturated carbocycles. The topological polar surface area (TPSA) is 72.2 Å². The van der Waals surface area contributed by atoms with Gasteiger partial charge in [0.05, 0.1) is 15.4 Å². The summed E-state index contributed by atoms with van der Waals surface area (Å²) in [6.07, 6.45) is 0. The smallest absolute Gasteiger partial charge is 0.271 e. The van der Waals surface area contributed by atoms with E-state index in [1.54, 1.807) is 12.1 Å². The van der Waals surface area contributed by atoms with Crippen molar-refractivity contribution in [2.24, 2.45) is 0 Å². The minimum atomic E-state index is -1.28. The third-order valence-corrected chi connectivity index (χ3v) is 3.36. The van der Waals surface area contributed by atoms with Gasteiger partial charge < -0.3 is 4.72 Å². The molecular weight excluding hydrogens is 228 g/mol. The lowest BCUT2D eigenvalue weighted by Gasteiger charge is -2.18. The summed E-state index contributed by atoms with van der Waals surface area (Å²) in [5, 5.41) is 10.5. The van der Waals surface area contributed by atoms with E-state index in [0.717, 1.165) is 0 Å². The van der Waals surface area contributed by atoms with Gasteiger partial charge in [0.2, 0.25) is 0 Å². The molecule has 0 unspecified atom stereocenters. The normalized spacial score (nSPS) is 13.2. The maximum Gasteiger partial charge on any atom is 0.271 e. The van der Waals surface area contributed by atoms with Crippen molar-refractivity contribution in [3.05, 3.63) is 34.4 Å². The number of hydrogen-bond acceptors (Lipinski definition) is 3. The number of rotatable bonds is 3. The zero-order chi connectivity index (χ0) is 12.3. The lowest BCUT2D eigenvalue weighted by molar-refractivity contribution is -0.384. The second-order valence-corrected chi connectivity index (χ2v) is 6.26. The van der Waals surface area contributed by atoms with Crippen molar-refractivity contribution in [2.45, 2.75) is 25.5 Å². The predicted molar refractivity (Wildman–Crippen MR) is 64.6 cm³/mol. The molecule has 0 aromatic heterocycles. The maximum absolute atomic E-state index is 11.7. The molecule has 0 saturated heterocycles. The average Bonchev–Trinajstić information content (AvgIpc) is 2.16. The molecule has 0 amide bonds. The van der Waals surface area contributed by atoms with Crippen LogP contribution in [0.3, 0.4) is 0 Å². The van der Waals surface area contributed by atoms with Crippen molar-refractivity contribution in [3.8, 4) is 0 Å². The number of nitrogens with one attached hydrogen (secondary N) is 1. The molecule has 5 nitrogen and oxygen atoms in total. The first-order valence-electron chi connectivity index (χ1n) is 4.74. The molecule has 1 aromatic carbocycles. The van der Waals surface area contributed by atoms with Crippen LogP contribution >= 0.6 is 0 Å². The molecule has 0 fully saturated rings. The lowest BCUT2D eigenvalue weighted by atomic mass is 10.3. The monoisotopic (exact) mass is 242 g/mol. The van der Waals surface area contributed by atoms with Gasteiger partial charge in [-0.15, -0.1) is 0 Å². The minimum absolute atomic E-state index is 0.0177. The molecule has 1 rings (SSSR count). The number of nitrogens with zero attached hydrogens (tertiary/aromatic N) is 1. The number of nitro groups is 1. The van der Waals surface area contributed by atoms with Gasteiger partial charge in [-0.25, -0.2) is 4.21 Å². The van der Waals surface area contributed by atoms with E-state index in [2.05, 4.69) is 4.72 Å². The quantitative estimate of drug-likeness (QED) is 0.653. The van der Waals surface area contributed by atoms with E-state index in [1.807, 2.05) is 20.8 Å². The fourth-order valence-corrected chi connectivity index (χ4v) is 1.59. The summed E-state index contributed by atoms with van der Waals surface area (Å²) in [7, 11) is -1.28. The highest BCUT2D eigenvalue weighted by atomic mass is 32.2. The summed E-state index contributed by atoms with van der Waals surface area (Å²) >= 11 is 0. The van der Waals surface area contributed by atoms with E-state index in [4.69, 9.17) is 0 Å². The second kappa shape index (κ2) is 4.61. The molecule has 0 bridgehead atoms. The number of non-ortho nitro benzene ring substituents is 1. The molecule has 1 aromatic rings. The van der Waals surface area contributed by atoms with Gasteiger partial charge >= 0.3 is 0 Å². The molecule has 1 atom stereocenters. The summed E-state index contributed by atoms with van der Waals surface area (Å²) in [5.74, 6) is 0. The van der Waals surface area contributed by atoms with Gasteiger partial charge in [-0.1, -0.05) is 6.07 Å². The standard InChI is InChI=1S/C10H14N2O3S/c1-10(2,3)16(15)11-8-5-4-6-9(7-8)12(13)14/h4-7,11H,1-3H3/t16-/m1/s1.